The summed E-state index contributed by atoms with van der Waals surface area (Å²) in [6, 6.07) is 0. The third kappa shape index (κ3) is 3.25. The lowest BCUT2D eigenvalue weighted by Gasteiger charge is -2.67. The third-order valence-electron chi connectivity index (χ3n) is 7.22. The van der Waals surface area contributed by atoms with Crippen molar-refractivity contribution in [2.75, 3.05) is 0 Å². The lowest BCUT2D eigenvalue weighted by molar-refractivity contribution is -0.220. The van der Waals surface area contributed by atoms with E-state index < -0.39 is 5.60 Å². The van der Waals surface area contributed by atoms with E-state index in [0.29, 0.717) is 23.0 Å². The molecule has 5 atom stereocenters. The van der Waals surface area contributed by atoms with Crippen LogP contribution >= 0.6 is 0 Å². The van der Waals surface area contributed by atoms with E-state index in [1.807, 2.05) is 13.8 Å². The fraction of sp³-hybridized carbons (Fsp3) is 0.952. The smallest absolute Gasteiger partial charge is 0.138 e. The molecule has 1 N–H and O–H groups in total. The SMILES string of the molecule is CC.CCC(C)(C)C(=O)CC1C2CC3(C)CC(O)(C2)CC1(C)C3. The predicted molar refractivity (Wildman–Crippen MR) is 96.3 cm³/mol. The summed E-state index contributed by atoms with van der Waals surface area (Å²) >= 11 is 0. The summed E-state index contributed by atoms with van der Waals surface area (Å²) in [5, 5.41) is 10.9. The number of rotatable bonds is 4. The molecule has 0 spiro atoms. The molecule has 0 heterocycles. The predicted octanol–water partition coefficient (Wildman–Crippen LogP) is 5.38. The molecule has 4 rings (SSSR count). The van der Waals surface area contributed by atoms with Gasteiger partial charge in [-0.25, -0.2) is 0 Å². The van der Waals surface area contributed by atoms with E-state index in [4.69, 9.17) is 0 Å². The molecule has 4 aliphatic rings. The summed E-state index contributed by atoms with van der Waals surface area (Å²) in [7, 11) is 0. The Bertz CT molecular complexity index is 446. The van der Waals surface area contributed by atoms with Crippen LogP contribution in [0.1, 0.15) is 93.4 Å². The Labute approximate surface area is 143 Å². The van der Waals surface area contributed by atoms with Crippen molar-refractivity contribution in [1.29, 1.82) is 0 Å². The second-order valence-corrected chi connectivity index (χ2v) is 9.86. The molecule has 4 aliphatic carbocycles. The molecule has 0 saturated heterocycles. The van der Waals surface area contributed by atoms with Crippen LogP contribution in [0.25, 0.3) is 0 Å². The van der Waals surface area contributed by atoms with Gasteiger partial charge in [0.15, 0.2) is 0 Å². The van der Waals surface area contributed by atoms with Crippen molar-refractivity contribution in [3.05, 3.63) is 0 Å². The van der Waals surface area contributed by atoms with Crippen molar-refractivity contribution in [1.82, 2.24) is 0 Å². The Hall–Kier alpha value is -0.370. The number of carbonyl (C=O) groups is 1. The molecule has 4 saturated carbocycles. The molecule has 2 nitrogen and oxygen atoms in total. The Morgan fingerprint density at radius 3 is 2.22 bits per heavy atom. The molecule has 0 aromatic rings. The monoisotopic (exact) mass is 322 g/mol. The van der Waals surface area contributed by atoms with Gasteiger partial charge >= 0.3 is 0 Å². The van der Waals surface area contributed by atoms with Gasteiger partial charge < -0.3 is 5.11 Å². The first kappa shape index (κ1) is 19.0. The minimum Gasteiger partial charge on any atom is -0.390 e. The first-order valence-electron chi connectivity index (χ1n) is 9.77. The molecule has 0 aromatic heterocycles. The highest BCUT2D eigenvalue weighted by molar-refractivity contribution is 5.84. The molecule has 23 heavy (non-hydrogen) atoms. The second kappa shape index (κ2) is 5.86. The van der Waals surface area contributed by atoms with Crippen molar-refractivity contribution < 1.29 is 9.90 Å². The van der Waals surface area contributed by atoms with Gasteiger partial charge in [-0.3, -0.25) is 4.79 Å². The molecule has 2 heteroatoms. The highest BCUT2D eigenvalue weighted by Crippen LogP contribution is 2.69. The van der Waals surface area contributed by atoms with Gasteiger partial charge in [0.05, 0.1) is 5.60 Å². The maximum absolute atomic E-state index is 12.7. The van der Waals surface area contributed by atoms with E-state index in [-0.39, 0.29) is 10.8 Å². The summed E-state index contributed by atoms with van der Waals surface area (Å²) in [6.07, 6.45) is 6.89. The van der Waals surface area contributed by atoms with Crippen molar-refractivity contribution in [2.24, 2.45) is 28.1 Å². The summed E-state index contributed by atoms with van der Waals surface area (Å²) in [5.41, 5.74) is -0.150. The van der Waals surface area contributed by atoms with Crippen molar-refractivity contribution in [2.45, 2.75) is 99.0 Å². The van der Waals surface area contributed by atoms with Gasteiger partial charge in [0.25, 0.3) is 0 Å². The van der Waals surface area contributed by atoms with Crippen molar-refractivity contribution in [3.63, 3.8) is 0 Å². The lowest BCUT2D eigenvalue weighted by atomic mass is 9.39. The normalized spacial score (nSPS) is 44.7. The van der Waals surface area contributed by atoms with E-state index in [2.05, 4.69) is 34.6 Å². The summed E-state index contributed by atoms with van der Waals surface area (Å²) in [5.74, 6) is 1.48. The average molecular weight is 323 g/mol. The standard InChI is InChI=1S/C19H32O2.C2H6/c1-6-16(2,3)15(20)7-14-13-8-17(4)10-18(14,5)12-19(21,9-13)11-17;1-2/h13-14,21H,6-12H2,1-5H3;1-2H3. The number of hydrogen-bond acceptors (Lipinski definition) is 2. The van der Waals surface area contributed by atoms with Crippen LogP contribution < -0.4 is 0 Å². The van der Waals surface area contributed by atoms with Gasteiger partial charge in [-0.1, -0.05) is 48.5 Å². The van der Waals surface area contributed by atoms with Crippen LogP contribution in [-0.4, -0.2) is 16.5 Å². The van der Waals surface area contributed by atoms with E-state index in [9.17, 15) is 9.90 Å². The van der Waals surface area contributed by atoms with Crippen molar-refractivity contribution >= 4 is 5.78 Å². The zero-order valence-corrected chi connectivity index (χ0v) is 16.5. The topological polar surface area (TPSA) is 37.3 Å². The Morgan fingerprint density at radius 2 is 1.74 bits per heavy atom. The van der Waals surface area contributed by atoms with Gasteiger partial charge in [-0.2, -0.15) is 0 Å². The highest BCUT2D eigenvalue weighted by Gasteiger charge is 2.64. The number of hydrogen-bond donors (Lipinski definition) is 1. The zero-order valence-electron chi connectivity index (χ0n) is 16.5. The quantitative estimate of drug-likeness (QED) is 0.755. The molecular formula is C21H38O2. The minimum atomic E-state index is -0.440. The Balaban J connectivity index is 0.000000924. The van der Waals surface area contributed by atoms with Gasteiger partial charge in [0.1, 0.15) is 5.78 Å². The molecule has 0 amide bonds. The average Bonchev–Trinajstić information content (AvgIpc) is 2.41. The summed E-state index contributed by atoms with van der Waals surface area (Å²) in [4.78, 5) is 12.7. The Kier molecular flexibility index (Phi) is 4.83. The Morgan fingerprint density at radius 1 is 1.13 bits per heavy atom. The number of carbonyl (C=O) groups excluding carboxylic acids is 1. The van der Waals surface area contributed by atoms with Crippen LogP contribution in [0.4, 0.5) is 0 Å². The fourth-order valence-corrected chi connectivity index (χ4v) is 6.39. The highest BCUT2D eigenvalue weighted by atomic mass is 16.3. The number of ketones is 1. The van der Waals surface area contributed by atoms with Gasteiger partial charge in [-0.15, -0.1) is 0 Å². The van der Waals surface area contributed by atoms with Crippen LogP contribution in [0.2, 0.25) is 0 Å². The summed E-state index contributed by atoms with van der Waals surface area (Å²) < 4.78 is 0. The van der Waals surface area contributed by atoms with Gasteiger partial charge in [-0.05, 0) is 61.2 Å². The maximum atomic E-state index is 12.7. The van der Waals surface area contributed by atoms with Crippen LogP contribution in [0.3, 0.4) is 0 Å². The molecule has 134 valence electrons. The van der Waals surface area contributed by atoms with E-state index in [0.717, 1.165) is 32.1 Å². The third-order valence-corrected chi connectivity index (χ3v) is 7.22. The van der Waals surface area contributed by atoms with E-state index >= 15 is 0 Å². The molecule has 5 unspecified atom stereocenters. The van der Waals surface area contributed by atoms with E-state index in [1.54, 1.807) is 0 Å². The van der Waals surface area contributed by atoms with E-state index in [1.165, 1.54) is 12.8 Å². The lowest BCUT2D eigenvalue weighted by Crippen LogP contribution is -2.62. The largest absolute Gasteiger partial charge is 0.390 e. The fourth-order valence-electron chi connectivity index (χ4n) is 6.39. The molecule has 0 aliphatic heterocycles. The molecule has 0 aromatic carbocycles. The first-order valence-corrected chi connectivity index (χ1v) is 9.77. The first-order chi connectivity index (χ1) is 10.5. The summed E-state index contributed by atoms with van der Waals surface area (Å²) in [6.45, 7) is 15.0. The maximum Gasteiger partial charge on any atom is 0.138 e. The molecule has 0 radical (unpaired) electrons. The number of aliphatic hydroxyl groups is 1. The minimum absolute atomic E-state index is 0.169. The molecule has 4 bridgehead atoms. The van der Waals surface area contributed by atoms with Crippen LogP contribution in [0, 0.1) is 28.1 Å². The molecule has 4 fully saturated rings. The van der Waals surface area contributed by atoms with Gasteiger partial charge in [0, 0.05) is 11.8 Å². The van der Waals surface area contributed by atoms with Crippen LogP contribution in [0.15, 0.2) is 0 Å². The van der Waals surface area contributed by atoms with Crippen molar-refractivity contribution in [3.8, 4) is 0 Å². The zero-order chi connectivity index (χ0) is 17.7. The second-order valence-electron chi connectivity index (χ2n) is 9.86. The molecular weight excluding hydrogens is 284 g/mol. The number of Topliss-reactive ketones (excluding diaryl/α,β-unsaturated/α-hetero) is 1. The van der Waals surface area contributed by atoms with Crippen LogP contribution in [0.5, 0.6) is 0 Å². The van der Waals surface area contributed by atoms with Gasteiger partial charge in [0.2, 0.25) is 0 Å². The van der Waals surface area contributed by atoms with Crippen LogP contribution in [-0.2, 0) is 4.79 Å².